The van der Waals surface area contributed by atoms with Crippen molar-refractivity contribution < 1.29 is 9.53 Å². The Balaban J connectivity index is 4.16. The summed E-state index contributed by atoms with van der Waals surface area (Å²) in [5, 5.41) is 0. The predicted octanol–water partition coefficient (Wildman–Crippen LogP) is 9.79. The first kappa shape index (κ1) is 29.5. The minimum Gasteiger partial charge on any atom is -0.465 e. The number of hydrogen-bond donors (Lipinski definition) is 0. The lowest BCUT2D eigenvalue weighted by atomic mass is 9.79. The van der Waals surface area contributed by atoms with E-state index >= 15 is 0 Å². The molecule has 0 radical (unpaired) electrons. The van der Waals surface area contributed by atoms with Crippen molar-refractivity contribution in [3.8, 4) is 0 Å². The fourth-order valence-electron chi connectivity index (χ4n) is 4.32. The van der Waals surface area contributed by atoms with Crippen LogP contribution in [0.2, 0.25) is 0 Å². The van der Waals surface area contributed by atoms with Crippen LogP contribution in [0.1, 0.15) is 163 Å². The highest BCUT2D eigenvalue weighted by atomic mass is 16.5. The van der Waals surface area contributed by atoms with Gasteiger partial charge in [0.1, 0.15) is 0 Å². The molecule has 0 aliphatic heterocycles. The van der Waals surface area contributed by atoms with E-state index in [1.54, 1.807) is 0 Å². The molecule has 30 heavy (non-hydrogen) atoms. The molecule has 0 aromatic rings. The average Bonchev–Trinajstić information content (AvgIpc) is 2.75. The van der Waals surface area contributed by atoms with Crippen molar-refractivity contribution in [1.29, 1.82) is 0 Å². The van der Waals surface area contributed by atoms with Crippen molar-refractivity contribution in [3.63, 3.8) is 0 Å². The zero-order chi connectivity index (χ0) is 22.3. The third kappa shape index (κ3) is 17.2. The molecule has 0 fully saturated rings. The van der Waals surface area contributed by atoms with Crippen LogP contribution in [0, 0.1) is 5.41 Å². The Bertz CT molecular complexity index is 366. The molecule has 0 aliphatic carbocycles. The van der Waals surface area contributed by atoms with Crippen molar-refractivity contribution in [2.45, 2.75) is 163 Å². The second-order valence-electron chi connectivity index (χ2n) is 9.85. The summed E-state index contributed by atoms with van der Waals surface area (Å²) in [6.45, 7) is 9.57. The highest BCUT2D eigenvalue weighted by molar-refractivity contribution is 5.76. The van der Waals surface area contributed by atoms with Gasteiger partial charge in [0.05, 0.1) is 12.0 Å². The largest absolute Gasteiger partial charge is 0.465 e. The Morgan fingerprint density at radius 2 is 0.867 bits per heavy atom. The van der Waals surface area contributed by atoms with E-state index in [9.17, 15) is 4.79 Å². The molecular formula is C28H56O2. The molecule has 0 amide bonds. The summed E-state index contributed by atoms with van der Waals surface area (Å²) in [5.41, 5.74) is -0.267. The van der Waals surface area contributed by atoms with Gasteiger partial charge in [-0.15, -0.1) is 0 Å². The molecule has 1 unspecified atom stereocenters. The first-order chi connectivity index (χ1) is 14.6. The lowest BCUT2D eigenvalue weighted by molar-refractivity contribution is -0.156. The van der Waals surface area contributed by atoms with Crippen molar-refractivity contribution in [1.82, 2.24) is 0 Å². The van der Waals surface area contributed by atoms with Crippen molar-refractivity contribution in [2.24, 2.45) is 5.41 Å². The van der Waals surface area contributed by atoms with Gasteiger partial charge in [-0.25, -0.2) is 0 Å². The van der Waals surface area contributed by atoms with Gasteiger partial charge in [0, 0.05) is 0 Å². The van der Waals surface area contributed by atoms with E-state index in [0.717, 1.165) is 25.7 Å². The molecule has 1 atom stereocenters. The zero-order valence-corrected chi connectivity index (χ0v) is 21.4. The fourth-order valence-corrected chi connectivity index (χ4v) is 4.32. The zero-order valence-electron chi connectivity index (χ0n) is 21.4. The predicted molar refractivity (Wildman–Crippen MR) is 133 cm³/mol. The third-order valence-corrected chi connectivity index (χ3v) is 6.64. The molecule has 0 saturated heterocycles. The summed E-state index contributed by atoms with van der Waals surface area (Å²) in [6, 6.07) is 0. The van der Waals surface area contributed by atoms with E-state index in [2.05, 4.69) is 27.7 Å². The van der Waals surface area contributed by atoms with Gasteiger partial charge in [-0.1, -0.05) is 136 Å². The van der Waals surface area contributed by atoms with Crippen LogP contribution in [-0.2, 0) is 9.53 Å². The third-order valence-electron chi connectivity index (χ3n) is 6.64. The van der Waals surface area contributed by atoms with E-state index < -0.39 is 0 Å². The van der Waals surface area contributed by atoms with Gasteiger partial charge >= 0.3 is 5.97 Å². The van der Waals surface area contributed by atoms with Gasteiger partial charge in [0.2, 0.25) is 0 Å². The molecular weight excluding hydrogens is 368 g/mol. The highest BCUT2D eigenvalue weighted by Crippen LogP contribution is 2.33. The number of carbonyl (C=O) groups is 1. The summed E-state index contributed by atoms with van der Waals surface area (Å²) in [4.78, 5) is 12.9. The fraction of sp³-hybridized carbons (Fsp3) is 0.964. The van der Waals surface area contributed by atoms with Crippen molar-refractivity contribution in [3.05, 3.63) is 0 Å². The Kier molecular flexibility index (Phi) is 21.3. The Labute approximate surface area is 190 Å². The number of rotatable bonds is 23. The van der Waals surface area contributed by atoms with E-state index in [-0.39, 0.29) is 11.4 Å². The molecule has 0 spiro atoms. The van der Waals surface area contributed by atoms with Gasteiger partial charge in [-0.05, 0) is 26.2 Å². The Hall–Kier alpha value is -0.530. The topological polar surface area (TPSA) is 26.3 Å². The molecule has 0 aliphatic rings. The molecule has 0 aromatic carbocycles. The number of esters is 1. The summed E-state index contributed by atoms with van der Waals surface area (Å²) >= 11 is 0. The van der Waals surface area contributed by atoms with Crippen LogP contribution < -0.4 is 0 Å². The first-order valence-electron chi connectivity index (χ1n) is 13.8. The van der Waals surface area contributed by atoms with Crippen LogP contribution in [0.15, 0.2) is 0 Å². The monoisotopic (exact) mass is 424 g/mol. The summed E-state index contributed by atoms with van der Waals surface area (Å²) in [6.07, 6.45) is 26.3. The average molecular weight is 425 g/mol. The molecule has 0 saturated carbocycles. The van der Waals surface area contributed by atoms with Crippen LogP contribution in [0.3, 0.4) is 0 Å². The quantitative estimate of drug-likeness (QED) is 0.120. The lowest BCUT2D eigenvalue weighted by Gasteiger charge is -2.27. The van der Waals surface area contributed by atoms with Gasteiger partial charge in [0.15, 0.2) is 0 Å². The number of ether oxygens (including phenoxy) is 1. The van der Waals surface area contributed by atoms with Crippen LogP contribution >= 0.6 is 0 Å². The molecule has 0 aromatic heterocycles. The lowest BCUT2D eigenvalue weighted by Crippen LogP contribution is -2.30. The summed E-state index contributed by atoms with van der Waals surface area (Å²) in [5.74, 6) is 0.0768. The number of hydrogen-bond acceptors (Lipinski definition) is 2. The summed E-state index contributed by atoms with van der Waals surface area (Å²) in [7, 11) is 0. The van der Waals surface area contributed by atoms with Gasteiger partial charge in [0.25, 0.3) is 0 Å². The van der Waals surface area contributed by atoms with Crippen LogP contribution in [0.25, 0.3) is 0 Å². The van der Waals surface area contributed by atoms with Crippen molar-refractivity contribution in [2.75, 3.05) is 6.61 Å². The standard InChI is InChI=1S/C28H56O2/c1-5-8-11-14-16-17-19-22-25-28(4,24-21-13-10-7-3)27(29)30-26-23-20-18-15-12-9-6-2/h5-26H2,1-4H3. The highest BCUT2D eigenvalue weighted by Gasteiger charge is 2.33. The molecule has 180 valence electrons. The minimum atomic E-state index is -0.267. The normalized spacial score (nSPS) is 13.3. The van der Waals surface area contributed by atoms with Crippen LogP contribution in [0.5, 0.6) is 0 Å². The Morgan fingerprint density at radius 1 is 0.533 bits per heavy atom. The SMILES string of the molecule is CCCCCCCCCCC(C)(CCCCCC)C(=O)OCCCCCCCCC. The Morgan fingerprint density at radius 3 is 1.30 bits per heavy atom. The van der Waals surface area contributed by atoms with Gasteiger partial charge in [-0.2, -0.15) is 0 Å². The second-order valence-corrected chi connectivity index (χ2v) is 9.85. The van der Waals surface area contributed by atoms with E-state index in [4.69, 9.17) is 4.74 Å². The maximum Gasteiger partial charge on any atom is 0.311 e. The maximum absolute atomic E-state index is 12.9. The summed E-state index contributed by atoms with van der Waals surface area (Å²) < 4.78 is 5.78. The molecule has 2 nitrogen and oxygen atoms in total. The molecule has 0 heterocycles. The smallest absolute Gasteiger partial charge is 0.311 e. The molecule has 2 heteroatoms. The number of unbranched alkanes of at least 4 members (excludes halogenated alkanes) is 16. The van der Waals surface area contributed by atoms with Crippen molar-refractivity contribution >= 4 is 5.97 Å². The molecule has 0 bridgehead atoms. The van der Waals surface area contributed by atoms with Gasteiger partial charge in [-0.3, -0.25) is 4.79 Å². The van der Waals surface area contributed by atoms with E-state index in [0.29, 0.717) is 6.61 Å². The van der Waals surface area contributed by atoms with Crippen LogP contribution in [-0.4, -0.2) is 12.6 Å². The van der Waals surface area contributed by atoms with E-state index in [1.165, 1.54) is 109 Å². The van der Waals surface area contributed by atoms with Gasteiger partial charge < -0.3 is 4.74 Å². The van der Waals surface area contributed by atoms with Crippen LogP contribution in [0.4, 0.5) is 0 Å². The van der Waals surface area contributed by atoms with E-state index in [1.807, 2.05) is 0 Å². The molecule has 0 rings (SSSR count). The maximum atomic E-state index is 12.9. The first-order valence-corrected chi connectivity index (χ1v) is 13.8. The minimum absolute atomic E-state index is 0.0768. The molecule has 0 N–H and O–H groups in total. The number of carbonyl (C=O) groups excluding carboxylic acids is 1. The second kappa shape index (κ2) is 21.7.